The fraction of sp³-hybridized carbons (Fsp3) is 0.444. The maximum absolute atomic E-state index is 12.1. The van der Waals surface area contributed by atoms with Crippen molar-refractivity contribution < 1.29 is 4.79 Å². The van der Waals surface area contributed by atoms with Gasteiger partial charge in [0, 0.05) is 50.3 Å². The van der Waals surface area contributed by atoms with E-state index in [0.29, 0.717) is 19.1 Å². The minimum atomic E-state index is -0.135. The van der Waals surface area contributed by atoms with Gasteiger partial charge in [-0.05, 0) is 25.7 Å². The number of nitrogens with one attached hydrogen (secondary N) is 2. The number of para-hydroxylation sites is 1. The normalized spacial score (nSPS) is 19.3. The van der Waals surface area contributed by atoms with E-state index >= 15 is 0 Å². The van der Waals surface area contributed by atoms with E-state index in [1.807, 2.05) is 30.3 Å². The van der Waals surface area contributed by atoms with Gasteiger partial charge >= 0.3 is 6.03 Å². The maximum Gasteiger partial charge on any atom is 0.315 e. The summed E-state index contributed by atoms with van der Waals surface area (Å²) in [5, 5.41) is 7.00. The SMILES string of the molecule is CN1CCN(C)C(CNC(=O)NCc2cccc3cccnc23)C1. The number of hydrogen-bond donors (Lipinski definition) is 2. The van der Waals surface area contributed by atoms with Crippen molar-refractivity contribution in [2.45, 2.75) is 12.6 Å². The number of aromatic nitrogens is 1. The van der Waals surface area contributed by atoms with Crippen molar-refractivity contribution in [2.75, 3.05) is 40.3 Å². The molecule has 1 saturated heterocycles. The van der Waals surface area contributed by atoms with Crippen molar-refractivity contribution in [3.63, 3.8) is 0 Å². The molecule has 128 valence electrons. The van der Waals surface area contributed by atoms with E-state index in [9.17, 15) is 4.79 Å². The Morgan fingerprint density at radius 3 is 2.92 bits per heavy atom. The average Bonchev–Trinajstić information content (AvgIpc) is 2.60. The van der Waals surface area contributed by atoms with Crippen molar-refractivity contribution in [3.05, 3.63) is 42.1 Å². The molecule has 0 bridgehead atoms. The molecule has 3 rings (SSSR count). The lowest BCUT2D eigenvalue weighted by atomic mass is 10.1. The largest absolute Gasteiger partial charge is 0.337 e. The number of likely N-dealkylation sites (N-methyl/N-ethyl adjacent to an activating group) is 2. The second-order valence-electron chi connectivity index (χ2n) is 6.45. The molecule has 1 fully saturated rings. The second kappa shape index (κ2) is 7.59. The first-order valence-corrected chi connectivity index (χ1v) is 8.36. The second-order valence-corrected chi connectivity index (χ2v) is 6.45. The van der Waals surface area contributed by atoms with Crippen LogP contribution in [0.4, 0.5) is 4.79 Å². The number of piperazine rings is 1. The number of carbonyl (C=O) groups is 1. The number of urea groups is 1. The molecule has 1 aliphatic heterocycles. The van der Waals surface area contributed by atoms with Crippen LogP contribution in [0.3, 0.4) is 0 Å². The summed E-state index contributed by atoms with van der Waals surface area (Å²) in [6.07, 6.45) is 1.78. The van der Waals surface area contributed by atoms with Crippen molar-refractivity contribution in [1.82, 2.24) is 25.4 Å². The summed E-state index contributed by atoms with van der Waals surface area (Å²) in [6.45, 7) is 4.21. The molecule has 0 aliphatic carbocycles. The third-order valence-electron chi connectivity index (χ3n) is 4.63. The highest BCUT2D eigenvalue weighted by Gasteiger charge is 2.22. The standard InChI is InChI=1S/C18H25N5O/c1-22-9-10-23(2)16(13-22)12-21-18(24)20-11-15-6-3-5-14-7-4-8-19-17(14)15/h3-8,16H,9-13H2,1-2H3,(H2,20,21,24). The number of benzene rings is 1. The molecular weight excluding hydrogens is 302 g/mol. The van der Waals surface area contributed by atoms with E-state index in [0.717, 1.165) is 36.1 Å². The Hall–Kier alpha value is -2.18. The van der Waals surface area contributed by atoms with Gasteiger partial charge in [0.1, 0.15) is 0 Å². The maximum atomic E-state index is 12.1. The Kier molecular flexibility index (Phi) is 5.27. The quantitative estimate of drug-likeness (QED) is 0.888. The molecule has 1 aliphatic rings. The zero-order chi connectivity index (χ0) is 16.9. The van der Waals surface area contributed by atoms with Gasteiger partial charge in [0.15, 0.2) is 0 Å². The lowest BCUT2D eigenvalue weighted by molar-refractivity contribution is 0.114. The van der Waals surface area contributed by atoms with Crippen molar-refractivity contribution in [2.24, 2.45) is 0 Å². The molecule has 6 nitrogen and oxygen atoms in total. The summed E-state index contributed by atoms with van der Waals surface area (Å²) in [6, 6.07) is 10.2. The molecule has 1 aromatic heterocycles. The first-order chi connectivity index (χ1) is 11.6. The highest BCUT2D eigenvalue weighted by Crippen LogP contribution is 2.15. The number of rotatable bonds is 4. The van der Waals surface area contributed by atoms with Crippen LogP contribution in [0, 0.1) is 0 Å². The fourth-order valence-corrected chi connectivity index (χ4v) is 3.08. The van der Waals surface area contributed by atoms with Gasteiger partial charge in [-0.1, -0.05) is 24.3 Å². The number of carbonyl (C=O) groups excluding carboxylic acids is 1. The predicted molar refractivity (Wildman–Crippen MR) is 95.9 cm³/mol. The monoisotopic (exact) mass is 327 g/mol. The van der Waals surface area contributed by atoms with Crippen LogP contribution in [0.25, 0.3) is 10.9 Å². The summed E-state index contributed by atoms with van der Waals surface area (Å²) in [7, 11) is 4.23. The molecule has 0 radical (unpaired) electrons. The lowest BCUT2D eigenvalue weighted by Crippen LogP contribution is -2.55. The molecule has 2 N–H and O–H groups in total. The van der Waals surface area contributed by atoms with E-state index in [-0.39, 0.29) is 6.03 Å². The molecule has 2 aromatic rings. The lowest BCUT2D eigenvalue weighted by Gasteiger charge is -2.37. The first-order valence-electron chi connectivity index (χ1n) is 8.36. The van der Waals surface area contributed by atoms with Crippen LogP contribution in [0.2, 0.25) is 0 Å². The molecule has 0 spiro atoms. The zero-order valence-corrected chi connectivity index (χ0v) is 14.3. The smallest absolute Gasteiger partial charge is 0.315 e. The van der Waals surface area contributed by atoms with E-state index in [1.54, 1.807) is 6.20 Å². The van der Waals surface area contributed by atoms with Crippen LogP contribution in [0.15, 0.2) is 36.5 Å². The number of fused-ring (bicyclic) bond motifs is 1. The molecule has 6 heteroatoms. The summed E-state index contributed by atoms with van der Waals surface area (Å²) in [4.78, 5) is 21.1. The molecule has 0 saturated carbocycles. The Labute approximate surface area is 142 Å². The molecule has 1 unspecified atom stereocenters. The summed E-state index contributed by atoms with van der Waals surface area (Å²) in [5.41, 5.74) is 1.96. The molecule has 24 heavy (non-hydrogen) atoms. The van der Waals surface area contributed by atoms with Gasteiger partial charge < -0.3 is 15.5 Å². The van der Waals surface area contributed by atoms with Gasteiger partial charge in [0.25, 0.3) is 0 Å². The number of hydrogen-bond acceptors (Lipinski definition) is 4. The van der Waals surface area contributed by atoms with Crippen LogP contribution in [-0.4, -0.2) is 67.1 Å². The highest BCUT2D eigenvalue weighted by molar-refractivity contribution is 5.82. The third kappa shape index (κ3) is 4.01. The fourth-order valence-electron chi connectivity index (χ4n) is 3.08. The Morgan fingerprint density at radius 2 is 2.04 bits per heavy atom. The predicted octanol–water partition coefficient (Wildman–Crippen LogP) is 1.28. The first kappa shape index (κ1) is 16.7. The Bertz CT molecular complexity index is 699. The third-order valence-corrected chi connectivity index (χ3v) is 4.63. The van der Waals surface area contributed by atoms with Crippen LogP contribution in [-0.2, 0) is 6.54 Å². The molecule has 2 heterocycles. The highest BCUT2D eigenvalue weighted by atomic mass is 16.2. The number of pyridine rings is 1. The van der Waals surface area contributed by atoms with Crippen molar-refractivity contribution in [1.29, 1.82) is 0 Å². The molecular formula is C18H25N5O. The van der Waals surface area contributed by atoms with Gasteiger partial charge in [-0.2, -0.15) is 0 Å². The zero-order valence-electron chi connectivity index (χ0n) is 14.3. The van der Waals surface area contributed by atoms with Crippen molar-refractivity contribution >= 4 is 16.9 Å². The van der Waals surface area contributed by atoms with Crippen LogP contribution < -0.4 is 10.6 Å². The molecule has 2 amide bonds. The van der Waals surface area contributed by atoms with E-state index in [4.69, 9.17) is 0 Å². The summed E-state index contributed by atoms with van der Waals surface area (Å²) < 4.78 is 0. The van der Waals surface area contributed by atoms with E-state index in [2.05, 4.69) is 39.5 Å². The minimum absolute atomic E-state index is 0.135. The average molecular weight is 327 g/mol. The van der Waals surface area contributed by atoms with Crippen molar-refractivity contribution in [3.8, 4) is 0 Å². The minimum Gasteiger partial charge on any atom is -0.337 e. The Morgan fingerprint density at radius 1 is 1.21 bits per heavy atom. The van der Waals surface area contributed by atoms with Crippen LogP contribution >= 0.6 is 0 Å². The van der Waals surface area contributed by atoms with Gasteiger partial charge in [-0.3, -0.25) is 9.88 Å². The van der Waals surface area contributed by atoms with Gasteiger partial charge in [-0.15, -0.1) is 0 Å². The molecule has 1 atom stereocenters. The Balaban J connectivity index is 1.52. The topological polar surface area (TPSA) is 60.5 Å². The molecule has 1 aromatic carbocycles. The van der Waals surface area contributed by atoms with Gasteiger partial charge in [0.2, 0.25) is 0 Å². The van der Waals surface area contributed by atoms with Gasteiger partial charge in [0.05, 0.1) is 5.52 Å². The van der Waals surface area contributed by atoms with E-state index < -0.39 is 0 Å². The summed E-state index contributed by atoms with van der Waals surface area (Å²) >= 11 is 0. The summed E-state index contributed by atoms with van der Waals surface area (Å²) in [5.74, 6) is 0. The van der Waals surface area contributed by atoms with Crippen LogP contribution in [0.5, 0.6) is 0 Å². The number of nitrogens with zero attached hydrogens (tertiary/aromatic N) is 3. The van der Waals surface area contributed by atoms with Gasteiger partial charge in [-0.25, -0.2) is 4.79 Å². The number of amides is 2. The van der Waals surface area contributed by atoms with Crippen LogP contribution in [0.1, 0.15) is 5.56 Å². The van der Waals surface area contributed by atoms with E-state index in [1.165, 1.54) is 0 Å².